The predicted octanol–water partition coefficient (Wildman–Crippen LogP) is 5.91. The highest BCUT2D eigenvalue weighted by Gasteiger charge is 2.03. The number of ether oxygens (including phenoxy) is 1. The van der Waals surface area contributed by atoms with Gasteiger partial charge in [-0.15, -0.1) is 0 Å². The van der Waals surface area contributed by atoms with Crippen LogP contribution in [-0.2, 0) is 0 Å². The van der Waals surface area contributed by atoms with Crippen molar-refractivity contribution in [2.24, 2.45) is 5.10 Å². The molecular formula is C19H27ClN4OS. The zero-order chi connectivity index (χ0) is 18.8. The lowest BCUT2D eigenvalue weighted by Gasteiger charge is -2.08. The molecule has 0 unspecified atom stereocenters. The molecule has 2 aromatic rings. The summed E-state index contributed by atoms with van der Waals surface area (Å²) in [5.74, 6) is 1.41. The monoisotopic (exact) mass is 394 g/mol. The van der Waals surface area contributed by atoms with Gasteiger partial charge in [0.05, 0.1) is 17.8 Å². The number of nitrogens with one attached hydrogen (secondary N) is 1. The summed E-state index contributed by atoms with van der Waals surface area (Å²) in [6.45, 7) is 4.77. The Morgan fingerprint density at radius 3 is 2.62 bits per heavy atom. The third kappa shape index (κ3) is 6.57. The van der Waals surface area contributed by atoms with Crippen molar-refractivity contribution in [1.82, 2.24) is 14.9 Å². The van der Waals surface area contributed by atoms with E-state index in [1.807, 2.05) is 25.1 Å². The number of benzene rings is 1. The molecule has 0 fully saturated rings. The molecule has 1 aromatic carbocycles. The fourth-order valence-corrected chi connectivity index (χ4v) is 3.05. The van der Waals surface area contributed by atoms with Crippen LogP contribution in [0.2, 0.25) is 5.02 Å². The summed E-state index contributed by atoms with van der Waals surface area (Å²) in [4.78, 5) is 0. The molecule has 0 saturated carbocycles. The first kappa shape index (κ1) is 20.6. The van der Waals surface area contributed by atoms with E-state index >= 15 is 0 Å². The van der Waals surface area contributed by atoms with Crippen LogP contribution in [0.1, 0.15) is 63.3 Å². The minimum Gasteiger partial charge on any atom is -0.492 e. The topological polar surface area (TPSA) is 55.2 Å². The molecule has 0 aliphatic heterocycles. The van der Waals surface area contributed by atoms with Crippen molar-refractivity contribution in [3.05, 3.63) is 39.4 Å². The molecule has 0 spiro atoms. The predicted molar refractivity (Wildman–Crippen MR) is 110 cm³/mol. The smallest absolute Gasteiger partial charge is 0.216 e. The molecule has 5 nitrogen and oxygen atoms in total. The van der Waals surface area contributed by atoms with Gasteiger partial charge in [0.25, 0.3) is 0 Å². The molecule has 26 heavy (non-hydrogen) atoms. The standard InChI is InChI=1S/C19H27ClN4OS/c1-3-4-5-6-7-8-9-12-25-18-11-10-16(13-17(18)20)14-21-24-15(2)22-23-19(24)26/h10-11,13-14H,3-9,12H2,1-2H3,(H,23,26)/b21-14-. The number of H-pyrrole nitrogens is 1. The van der Waals surface area contributed by atoms with Gasteiger partial charge in [0, 0.05) is 0 Å². The number of nitrogens with zero attached hydrogens (tertiary/aromatic N) is 3. The molecule has 1 N–H and O–H groups in total. The van der Waals surface area contributed by atoms with Gasteiger partial charge in [-0.25, -0.2) is 0 Å². The molecule has 0 bridgehead atoms. The summed E-state index contributed by atoms with van der Waals surface area (Å²) in [6.07, 6.45) is 10.5. The van der Waals surface area contributed by atoms with Gasteiger partial charge < -0.3 is 4.74 Å². The zero-order valence-corrected chi connectivity index (χ0v) is 17.1. The minimum absolute atomic E-state index is 0.458. The quantitative estimate of drug-likeness (QED) is 0.292. The first-order valence-corrected chi connectivity index (χ1v) is 10.0. The maximum atomic E-state index is 6.32. The number of hydrogen-bond donors (Lipinski definition) is 1. The number of rotatable bonds is 11. The number of unbranched alkanes of at least 4 members (excludes halogenated alkanes) is 6. The molecule has 0 radical (unpaired) electrons. The van der Waals surface area contributed by atoms with Crippen molar-refractivity contribution in [1.29, 1.82) is 0 Å². The summed E-state index contributed by atoms with van der Waals surface area (Å²) >= 11 is 11.4. The van der Waals surface area contributed by atoms with Crippen molar-refractivity contribution in [3.63, 3.8) is 0 Å². The number of aromatic amines is 1. The minimum atomic E-state index is 0.458. The van der Waals surface area contributed by atoms with Gasteiger partial charge >= 0.3 is 0 Å². The van der Waals surface area contributed by atoms with E-state index < -0.39 is 0 Å². The second-order valence-electron chi connectivity index (χ2n) is 6.29. The first-order valence-electron chi connectivity index (χ1n) is 9.22. The number of aromatic nitrogens is 3. The molecule has 142 valence electrons. The highest BCUT2D eigenvalue weighted by molar-refractivity contribution is 7.71. The Kier molecular flexibility index (Phi) is 8.85. The van der Waals surface area contributed by atoms with E-state index in [9.17, 15) is 0 Å². The lowest BCUT2D eigenvalue weighted by atomic mass is 10.1. The number of halogens is 1. The van der Waals surface area contributed by atoms with Gasteiger partial charge in [0.1, 0.15) is 11.6 Å². The van der Waals surface area contributed by atoms with E-state index in [4.69, 9.17) is 28.6 Å². The average molecular weight is 395 g/mol. The fourth-order valence-electron chi connectivity index (χ4n) is 2.59. The molecule has 2 rings (SSSR count). The summed E-state index contributed by atoms with van der Waals surface area (Å²) < 4.78 is 7.82. The van der Waals surface area contributed by atoms with Gasteiger partial charge in [0.2, 0.25) is 4.77 Å². The largest absolute Gasteiger partial charge is 0.492 e. The van der Waals surface area contributed by atoms with Crippen LogP contribution in [0.15, 0.2) is 23.3 Å². The van der Waals surface area contributed by atoms with E-state index in [1.165, 1.54) is 38.5 Å². The Labute approximate surface area is 165 Å². The summed E-state index contributed by atoms with van der Waals surface area (Å²) in [7, 11) is 0. The van der Waals surface area contributed by atoms with E-state index in [-0.39, 0.29) is 0 Å². The van der Waals surface area contributed by atoms with Gasteiger partial charge in [-0.05, 0) is 49.3 Å². The maximum Gasteiger partial charge on any atom is 0.216 e. The SMILES string of the molecule is CCCCCCCCCOc1ccc(/C=N\n2c(C)n[nH]c2=S)cc1Cl. The van der Waals surface area contributed by atoms with Crippen molar-refractivity contribution >= 4 is 30.0 Å². The van der Waals surface area contributed by atoms with Crippen molar-refractivity contribution in [2.45, 2.75) is 58.8 Å². The molecule has 1 heterocycles. The van der Waals surface area contributed by atoms with Gasteiger partial charge in [-0.2, -0.15) is 14.9 Å². The highest BCUT2D eigenvalue weighted by atomic mass is 35.5. The molecule has 0 atom stereocenters. The lowest BCUT2D eigenvalue weighted by Crippen LogP contribution is -1.99. The van der Waals surface area contributed by atoms with Crippen LogP contribution in [0.25, 0.3) is 0 Å². The van der Waals surface area contributed by atoms with Crippen LogP contribution >= 0.6 is 23.8 Å². The van der Waals surface area contributed by atoms with Crippen molar-refractivity contribution in [2.75, 3.05) is 6.61 Å². The number of hydrogen-bond acceptors (Lipinski definition) is 4. The molecule has 0 saturated heterocycles. The van der Waals surface area contributed by atoms with Crippen LogP contribution in [0.4, 0.5) is 0 Å². The Balaban J connectivity index is 1.79. The van der Waals surface area contributed by atoms with Gasteiger partial charge in [0.15, 0.2) is 0 Å². The molecule has 0 aliphatic rings. The van der Waals surface area contributed by atoms with Gasteiger partial charge in [-0.3, -0.25) is 5.10 Å². The van der Waals surface area contributed by atoms with E-state index in [1.54, 1.807) is 10.9 Å². The Hall–Kier alpha value is -1.66. The highest BCUT2D eigenvalue weighted by Crippen LogP contribution is 2.25. The lowest BCUT2D eigenvalue weighted by molar-refractivity contribution is 0.304. The van der Waals surface area contributed by atoms with Crippen molar-refractivity contribution < 1.29 is 4.74 Å². The van der Waals surface area contributed by atoms with E-state index in [0.29, 0.717) is 28.0 Å². The Morgan fingerprint density at radius 1 is 1.23 bits per heavy atom. The molecule has 0 amide bonds. The molecule has 7 heteroatoms. The molecular weight excluding hydrogens is 368 g/mol. The van der Waals surface area contributed by atoms with Crippen LogP contribution in [0.5, 0.6) is 5.75 Å². The third-order valence-corrected chi connectivity index (χ3v) is 4.66. The van der Waals surface area contributed by atoms with E-state index in [0.717, 1.165) is 12.0 Å². The second-order valence-corrected chi connectivity index (χ2v) is 7.09. The molecule has 0 aliphatic carbocycles. The van der Waals surface area contributed by atoms with Crippen LogP contribution < -0.4 is 4.74 Å². The number of aryl methyl sites for hydroxylation is 1. The average Bonchev–Trinajstić information content (AvgIpc) is 2.95. The summed E-state index contributed by atoms with van der Waals surface area (Å²) in [6, 6.07) is 5.64. The summed E-state index contributed by atoms with van der Waals surface area (Å²) in [5, 5.41) is 11.6. The molecule has 1 aromatic heterocycles. The second kappa shape index (κ2) is 11.1. The van der Waals surface area contributed by atoms with Crippen LogP contribution in [0.3, 0.4) is 0 Å². The Bertz CT molecular complexity index is 769. The van der Waals surface area contributed by atoms with Gasteiger partial charge in [-0.1, -0.05) is 57.0 Å². The first-order chi connectivity index (χ1) is 12.6. The third-order valence-electron chi connectivity index (χ3n) is 4.10. The maximum absolute atomic E-state index is 6.32. The zero-order valence-electron chi connectivity index (χ0n) is 15.5. The van der Waals surface area contributed by atoms with E-state index in [2.05, 4.69) is 22.2 Å². The normalized spacial score (nSPS) is 11.3. The fraction of sp³-hybridized carbons (Fsp3) is 0.526. The summed E-state index contributed by atoms with van der Waals surface area (Å²) in [5.41, 5.74) is 0.876. The Morgan fingerprint density at radius 2 is 1.96 bits per heavy atom. The van der Waals surface area contributed by atoms with Crippen molar-refractivity contribution in [3.8, 4) is 5.75 Å². The van der Waals surface area contributed by atoms with Crippen LogP contribution in [0, 0.1) is 11.7 Å². The van der Waals surface area contributed by atoms with Crippen LogP contribution in [-0.4, -0.2) is 27.7 Å².